The van der Waals surface area contributed by atoms with E-state index in [9.17, 15) is 4.79 Å². The Labute approximate surface area is 139 Å². The van der Waals surface area contributed by atoms with Crippen molar-refractivity contribution in [3.63, 3.8) is 0 Å². The van der Waals surface area contributed by atoms with Crippen molar-refractivity contribution in [2.45, 2.75) is 13.5 Å². The first-order valence-corrected chi connectivity index (χ1v) is 7.43. The molecule has 3 aromatic rings. The number of anilines is 1. The molecular weight excluding hydrogens is 306 g/mol. The van der Waals surface area contributed by atoms with Crippen LogP contribution in [0, 0.1) is 0 Å². The number of benzene rings is 1. The van der Waals surface area contributed by atoms with Gasteiger partial charge in [-0.05, 0) is 18.2 Å². The van der Waals surface area contributed by atoms with Gasteiger partial charge in [0.1, 0.15) is 5.75 Å². The molecule has 0 spiro atoms. The fraction of sp³-hybridized carbons (Fsp3) is 0.176. The third kappa shape index (κ3) is 3.24. The van der Waals surface area contributed by atoms with E-state index in [0.717, 1.165) is 16.9 Å². The molecule has 0 atom stereocenters. The number of carbonyl (C=O) groups excluding carboxylic acids is 1. The number of carbonyl (C=O) groups is 1. The number of hydrogen-bond acceptors (Lipinski definition) is 6. The van der Waals surface area contributed by atoms with Crippen molar-refractivity contribution in [1.29, 1.82) is 0 Å². The smallest absolute Gasteiger partial charge is 0.246 e. The number of ether oxygens (including phenoxy) is 1. The molecule has 0 bridgehead atoms. The molecule has 7 nitrogen and oxygen atoms in total. The number of rotatable bonds is 5. The van der Waals surface area contributed by atoms with E-state index in [2.05, 4.69) is 20.4 Å². The first kappa shape index (κ1) is 15.7. The highest BCUT2D eigenvalue weighted by Crippen LogP contribution is 2.20. The average molecular weight is 323 g/mol. The maximum absolute atomic E-state index is 11.8. The molecule has 2 heterocycles. The van der Waals surface area contributed by atoms with E-state index in [1.54, 1.807) is 25.6 Å². The maximum atomic E-state index is 11.8. The summed E-state index contributed by atoms with van der Waals surface area (Å²) in [5, 5.41) is 7.40. The third-order valence-electron chi connectivity index (χ3n) is 3.45. The molecule has 0 fully saturated rings. The molecule has 1 N–H and O–H groups in total. The summed E-state index contributed by atoms with van der Waals surface area (Å²) in [5.41, 5.74) is 1.71. The minimum Gasteiger partial charge on any atom is -0.496 e. The third-order valence-corrected chi connectivity index (χ3v) is 3.45. The lowest BCUT2D eigenvalue weighted by Crippen LogP contribution is -2.13. The molecule has 0 radical (unpaired) electrons. The molecule has 0 saturated carbocycles. The van der Waals surface area contributed by atoms with Gasteiger partial charge in [-0.25, -0.2) is 0 Å². The van der Waals surface area contributed by atoms with Crippen molar-refractivity contribution in [2.24, 2.45) is 0 Å². The molecule has 0 unspecified atom stereocenters. The Kier molecular flexibility index (Phi) is 4.51. The molecule has 2 aromatic heterocycles. The fourth-order valence-electron chi connectivity index (χ4n) is 2.29. The van der Waals surface area contributed by atoms with Crippen molar-refractivity contribution in [3.8, 4) is 17.1 Å². The van der Waals surface area contributed by atoms with Gasteiger partial charge in [0.05, 0.1) is 7.11 Å². The minimum atomic E-state index is -0.222. The van der Waals surface area contributed by atoms with Crippen LogP contribution in [0.25, 0.3) is 11.4 Å². The van der Waals surface area contributed by atoms with Crippen LogP contribution in [0.2, 0.25) is 0 Å². The predicted molar refractivity (Wildman–Crippen MR) is 89.9 cm³/mol. The summed E-state index contributed by atoms with van der Waals surface area (Å²) < 4.78 is 6.58. The SMILES string of the molecule is COc1ccccc1CNc1nc(-c2cccnc2)nn1C(C)=O. The van der Waals surface area contributed by atoms with E-state index in [-0.39, 0.29) is 5.91 Å². The zero-order valence-corrected chi connectivity index (χ0v) is 13.4. The van der Waals surface area contributed by atoms with Gasteiger partial charge < -0.3 is 10.1 Å². The normalized spacial score (nSPS) is 10.4. The molecule has 122 valence electrons. The van der Waals surface area contributed by atoms with Crippen LogP contribution in [-0.4, -0.2) is 32.8 Å². The van der Waals surface area contributed by atoms with Crippen LogP contribution in [0.15, 0.2) is 48.8 Å². The van der Waals surface area contributed by atoms with E-state index in [4.69, 9.17) is 4.74 Å². The monoisotopic (exact) mass is 323 g/mol. The van der Waals surface area contributed by atoms with E-state index in [1.807, 2.05) is 30.3 Å². The number of nitrogens with one attached hydrogen (secondary N) is 1. The summed E-state index contributed by atoms with van der Waals surface area (Å²) in [6, 6.07) is 11.3. The van der Waals surface area contributed by atoms with Crippen LogP contribution in [0.3, 0.4) is 0 Å². The van der Waals surface area contributed by atoms with Crippen molar-refractivity contribution in [2.75, 3.05) is 12.4 Å². The lowest BCUT2D eigenvalue weighted by atomic mass is 10.2. The summed E-state index contributed by atoms with van der Waals surface area (Å²) >= 11 is 0. The van der Waals surface area contributed by atoms with Gasteiger partial charge in [-0.1, -0.05) is 18.2 Å². The number of nitrogens with zero attached hydrogens (tertiary/aromatic N) is 4. The lowest BCUT2D eigenvalue weighted by molar-refractivity contribution is 0.0924. The number of methoxy groups -OCH3 is 1. The van der Waals surface area contributed by atoms with Crippen LogP contribution < -0.4 is 10.1 Å². The van der Waals surface area contributed by atoms with Gasteiger partial charge in [0.2, 0.25) is 11.9 Å². The molecule has 0 aliphatic rings. The van der Waals surface area contributed by atoms with Crippen molar-refractivity contribution < 1.29 is 9.53 Å². The highest BCUT2D eigenvalue weighted by Gasteiger charge is 2.15. The van der Waals surface area contributed by atoms with Crippen molar-refractivity contribution >= 4 is 11.9 Å². The Balaban J connectivity index is 1.87. The molecule has 3 rings (SSSR count). The average Bonchev–Trinajstić information content (AvgIpc) is 3.05. The Morgan fingerprint density at radius 3 is 2.79 bits per heavy atom. The molecule has 7 heteroatoms. The Morgan fingerprint density at radius 1 is 1.25 bits per heavy atom. The topological polar surface area (TPSA) is 81.9 Å². The second-order valence-electron chi connectivity index (χ2n) is 5.10. The van der Waals surface area contributed by atoms with Crippen molar-refractivity contribution in [1.82, 2.24) is 19.7 Å². The largest absolute Gasteiger partial charge is 0.496 e. The minimum absolute atomic E-state index is 0.222. The van der Waals surface area contributed by atoms with Gasteiger partial charge >= 0.3 is 0 Å². The van der Waals surface area contributed by atoms with Crippen LogP contribution in [0.4, 0.5) is 5.95 Å². The summed E-state index contributed by atoms with van der Waals surface area (Å²) in [7, 11) is 1.62. The second kappa shape index (κ2) is 6.91. The van der Waals surface area contributed by atoms with Gasteiger partial charge in [0.25, 0.3) is 0 Å². The molecule has 0 aliphatic heterocycles. The first-order valence-electron chi connectivity index (χ1n) is 7.43. The molecule has 0 saturated heterocycles. The van der Waals surface area contributed by atoms with Crippen LogP contribution in [0.5, 0.6) is 5.75 Å². The number of hydrogen-bond donors (Lipinski definition) is 1. The molecular formula is C17H17N5O2. The van der Waals surface area contributed by atoms with E-state index in [0.29, 0.717) is 18.3 Å². The zero-order chi connectivity index (χ0) is 16.9. The van der Waals surface area contributed by atoms with Gasteiger partial charge in [0.15, 0.2) is 5.82 Å². The van der Waals surface area contributed by atoms with E-state index < -0.39 is 0 Å². The highest BCUT2D eigenvalue weighted by molar-refractivity contribution is 5.79. The fourth-order valence-corrected chi connectivity index (χ4v) is 2.29. The Bertz CT molecular complexity index is 845. The predicted octanol–water partition coefficient (Wildman–Crippen LogP) is 2.62. The molecule has 24 heavy (non-hydrogen) atoms. The van der Waals surface area contributed by atoms with E-state index >= 15 is 0 Å². The number of pyridine rings is 1. The summed E-state index contributed by atoms with van der Waals surface area (Å²) in [5.74, 6) is 1.37. The molecule has 0 aliphatic carbocycles. The van der Waals surface area contributed by atoms with Gasteiger partial charge in [-0.3, -0.25) is 9.78 Å². The summed E-state index contributed by atoms with van der Waals surface area (Å²) in [6.45, 7) is 1.90. The van der Waals surface area contributed by atoms with Crippen LogP contribution in [-0.2, 0) is 6.54 Å². The molecule has 0 amide bonds. The summed E-state index contributed by atoms with van der Waals surface area (Å²) in [6.07, 6.45) is 3.33. The Hall–Kier alpha value is -3.22. The lowest BCUT2D eigenvalue weighted by Gasteiger charge is -2.09. The highest BCUT2D eigenvalue weighted by atomic mass is 16.5. The van der Waals surface area contributed by atoms with E-state index in [1.165, 1.54) is 11.6 Å². The van der Waals surface area contributed by atoms with Crippen LogP contribution >= 0.6 is 0 Å². The molecule has 1 aromatic carbocycles. The Morgan fingerprint density at radius 2 is 2.08 bits per heavy atom. The van der Waals surface area contributed by atoms with Gasteiger partial charge in [0, 0.05) is 37.0 Å². The number of para-hydroxylation sites is 1. The van der Waals surface area contributed by atoms with Crippen molar-refractivity contribution in [3.05, 3.63) is 54.4 Å². The van der Waals surface area contributed by atoms with Gasteiger partial charge in [-0.2, -0.15) is 9.67 Å². The number of aromatic nitrogens is 4. The van der Waals surface area contributed by atoms with Gasteiger partial charge in [-0.15, -0.1) is 5.10 Å². The summed E-state index contributed by atoms with van der Waals surface area (Å²) in [4.78, 5) is 20.3. The second-order valence-corrected chi connectivity index (χ2v) is 5.10. The quantitative estimate of drug-likeness (QED) is 0.777. The van der Waals surface area contributed by atoms with Crippen LogP contribution in [0.1, 0.15) is 17.3 Å². The first-order chi connectivity index (χ1) is 11.7. The standard InChI is InChI=1S/C17H17N5O2/c1-12(23)22-17(19-11-13-6-3-4-8-15(13)24-2)20-16(21-22)14-7-5-9-18-10-14/h3-10H,11H2,1-2H3,(H,19,20,21). The maximum Gasteiger partial charge on any atom is 0.246 e. The zero-order valence-electron chi connectivity index (χ0n) is 13.4.